The summed E-state index contributed by atoms with van der Waals surface area (Å²) in [5.41, 5.74) is -2.99. The first-order chi connectivity index (χ1) is 33.2. The van der Waals surface area contributed by atoms with Crippen LogP contribution in [0, 0.1) is 0 Å². The van der Waals surface area contributed by atoms with Crippen LogP contribution in [0.3, 0.4) is 0 Å². The average molecular weight is 1020 g/mol. The third kappa shape index (κ3) is 20.6. The number of aliphatic hydroxyl groups is 1. The van der Waals surface area contributed by atoms with Crippen LogP contribution in [0.25, 0.3) is 0 Å². The highest BCUT2D eigenvalue weighted by Gasteiger charge is 2.46. The number of hydrogen-bond donors (Lipinski definition) is 1. The van der Waals surface area contributed by atoms with E-state index in [0.717, 1.165) is 5.57 Å². The smallest absolute Gasteiger partial charge is 0.420 e. The van der Waals surface area contributed by atoms with Crippen molar-refractivity contribution in [3.8, 4) is 11.5 Å². The molecule has 2 aliphatic rings. The first-order valence-corrected chi connectivity index (χ1v) is 23.7. The summed E-state index contributed by atoms with van der Waals surface area (Å²) in [7, 11) is 0. The number of rotatable bonds is 9. The summed E-state index contributed by atoms with van der Waals surface area (Å²) < 4.78 is 62.2. The molecule has 20 nitrogen and oxygen atoms in total. The summed E-state index contributed by atoms with van der Waals surface area (Å²) in [6.07, 6.45) is -9.62. The monoisotopic (exact) mass is 1020 g/mol. The van der Waals surface area contributed by atoms with Gasteiger partial charge in [-0.25, -0.2) is 28.8 Å². The van der Waals surface area contributed by atoms with Crippen molar-refractivity contribution in [2.45, 2.75) is 175 Å². The van der Waals surface area contributed by atoms with Gasteiger partial charge in [0.25, 0.3) is 0 Å². The molecule has 4 rings (SSSR count). The Bertz CT molecular complexity index is 2050. The normalized spacial score (nSPS) is 23.3. The minimum absolute atomic E-state index is 0.0151. The van der Waals surface area contributed by atoms with Gasteiger partial charge in [0, 0.05) is 0 Å². The largest absolute Gasteiger partial charge is 0.484 e. The van der Waals surface area contributed by atoms with E-state index in [1.54, 1.807) is 133 Å². The third-order valence-electron chi connectivity index (χ3n) is 9.50. The number of carbonyl (C=O) groups is 6. The maximum Gasteiger partial charge on any atom is 0.420 e. The second-order valence-corrected chi connectivity index (χ2v) is 21.2. The van der Waals surface area contributed by atoms with Crippen molar-refractivity contribution in [3.05, 3.63) is 72.8 Å². The highest BCUT2D eigenvalue weighted by atomic mass is 16.6. The predicted octanol–water partition coefficient (Wildman–Crippen LogP) is 8.20. The topological polar surface area (TPSA) is 231 Å². The molecule has 2 aromatic rings. The highest BCUT2D eigenvalue weighted by molar-refractivity contribution is 5.95. The maximum absolute atomic E-state index is 13.4. The number of benzene rings is 2. The number of nitrogens with zero attached hydrogens (tertiary/aromatic N) is 2. The Morgan fingerprint density at radius 3 is 1.25 bits per heavy atom. The maximum atomic E-state index is 13.4. The molecule has 72 heavy (non-hydrogen) atoms. The molecule has 2 fully saturated rings. The fraction of sp³-hybridized carbons (Fsp3) is 0.615. The van der Waals surface area contributed by atoms with Crippen molar-refractivity contribution in [2.24, 2.45) is 0 Å². The number of imide groups is 2. The van der Waals surface area contributed by atoms with Crippen molar-refractivity contribution in [1.29, 1.82) is 0 Å². The lowest BCUT2D eigenvalue weighted by Crippen LogP contribution is -2.54. The van der Waals surface area contributed by atoms with Crippen LogP contribution < -0.4 is 9.47 Å². The van der Waals surface area contributed by atoms with E-state index in [2.05, 4.69) is 6.58 Å². The summed E-state index contributed by atoms with van der Waals surface area (Å²) in [5, 5.41) is 10.6. The van der Waals surface area contributed by atoms with Crippen molar-refractivity contribution < 1.29 is 86.0 Å². The number of aliphatic hydroxyl groups excluding tert-OH is 1. The van der Waals surface area contributed by atoms with E-state index in [9.17, 15) is 33.9 Å². The van der Waals surface area contributed by atoms with Crippen LogP contribution in [-0.4, -0.2) is 155 Å². The molecule has 8 atom stereocenters. The van der Waals surface area contributed by atoms with E-state index in [-0.39, 0.29) is 26.4 Å². The lowest BCUT2D eigenvalue weighted by atomic mass is 10.1. The SMILES string of the molecule is C=C(C)CO[C@H]1COC[C@H](N(C(=O)OC(C)(C)C)C(=O)OC(C)(C)C)C(=O)O[C@@H](C)[C@@H]1Oc1ccccc1.C[C@@H]1OC(=O)[C@@H](N(C(=O)OC(C)(C)C)C(=O)OC(C)(C)C)COC[C@H](O)[C@H]1Oc1ccccc1. The summed E-state index contributed by atoms with van der Waals surface area (Å²) in [5.74, 6) is -0.796. The van der Waals surface area contributed by atoms with E-state index in [0.29, 0.717) is 21.3 Å². The highest BCUT2D eigenvalue weighted by Crippen LogP contribution is 2.26. The van der Waals surface area contributed by atoms with Gasteiger partial charge in [-0.3, -0.25) is 0 Å². The molecular weight excluding hydrogens is 941 g/mol. The number of ether oxygens (including phenoxy) is 11. The second kappa shape index (κ2) is 26.1. The van der Waals surface area contributed by atoms with Gasteiger partial charge in [0.05, 0.1) is 33.0 Å². The molecule has 402 valence electrons. The Balaban J connectivity index is 0.000000383. The van der Waals surface area contributed by atoms with Crippen molar-refractivity contribution in [1.82, 2.24) is 9.80 Å². The van der Waals surface area contributed by atoms with Crippen LogP contribution in [0.5, 0.6) is 11.5 Å². The molecule has 4 amide bonds. The molecule has 0 spiro atoms. The number of cyclic esters (lactones) is 2. The van der Waals surface area contributed by atoms with E-state index in [1.165, 1.54) is 0 Å². The standard InChI is InChI=1S/C28H41NO9.C24H35NO9/c1-18(2)15-34-22-17-33-16-21(24(30)35-19(3)23(22)36-20-13-11-10-12-14-20)29(25(31)37-27(4,5)6)26(32)38-28(7,8)9;1-15-19(32-16-11-9-8-10-12-16)18(26)14-30-13-17(20(27)31-15)25(21(28)33-23(2,3)4)22(29)34-24(5,6)7/h10-14,19,21-23H,1,15-17H2,2-9H3;8-12,15,17-19,26H,13-14H2,1-7H3/t19-,21-,22-,23-;15-,17-,18-,19-/m00/s1. The molecule has 20 heteroatoms. The van der Waals surface area contributed by atoms with Gasteiger partial charge in [0.15, 0.2) is 24.3 Å². The molecule has 0 radical (unpaired) electrons. The van der Waals surface area contributed by atoms with Crippen LogP contribution in [0.1, 0.15) is 104 Å². The van der Waals surface area contributed by atoms with E-state index in [4.69, 9.17) is 52.1 Å². The molecule has 0 aromatic heterocycles. The molecule has 2 saturated heterocycles. The summed E-state index contributed by atoms with van der Waals surface area (Å²) in [4.78, 5) is 79.8. The first-order valence-electron chi connectivity index (χ1n) is 23.7. The van der Waals surface area contributed by atoms with Gasteiger partial charge in [0.1, 0.15) is 58.3 Å². The molecular formula is C52H76N2O18. The molecule has 0 bridgehead atoms. The lowest BCUT2D eigenvalue weighted by Gasteiger charge is -2.32. The Hall–Kier alpha value is -5.96. The number of esters is 2. The van der Waals surface area contributed by atoms with Gasteiger partial charge in [-0.1, -0.05) is 48.6 Å². The van der Waals surface area contributed by atoms with E-state index >= 15 is 0 Å². The van der Waals surface area contributed by atoms with Gasteiger partial charge in [0.2, 0.25) is 0 Å². The van der Waals surface area contributed by atoms with Gasteiger partial charge >= 0.3 is 36.3 Å². The van der Waals surface area contributed by atoms with Crippen molar-refractivity contribution in [3.63, 3.8) is 0 Å². The molecule has 0 aliphatic carbocycles. The third-order valence-corrected chi connectivity index (χ3v) is 9.50. The zero-order valence-corrected chi connectivity index (χ0v) is 44.4. The van der Waals surface area contributed by atoms with Crippen molar-refractivity contribution in [2.75, 3.05) is 33.0 Å². The van der Waals surface area contributed by atoms with Crippen LogP contribution in [0.4, 0.5) is 19.2 Å². The minimum atomic E-state index is -1.50. The van der Waals surface area contributed by atoms with Gasteiger partial charge in [-0.15, -0.1) is 0 Å². The quantitative estimate of drug-likeness (QED) is 0.142. The Labute approximate surface area is 423 Å². The second-order valence-electron chi connectivity index (χ2n) is 21.2. The zero-order chi connectivity index (χ0) is 54.4. The van der Waals surface area contributed by atoms with Crippen LogP contribution in [0.15, 0.2) is 72.8 Å². The number of hydrogen-bond acceptors (Lipinski definition) is 18. The summed E-state index contributed by atoms with van der Waals surface area (Å²) in [6.45, 7) is 27.7. The van der Waals surface area contributed by atoms with Crippen LogP contribution >= 0.6 is 0 Å². The number of para-hydroxylation sites is 2. The van der Waals surface area contributed by atoms with Crippen molar-refractivity contribution >= 4 is 36.3 Å². The molecule has 2 heterocycles. The van der Waals surface area contributed by atoms with Gasteiger partial charge in [-0.2, -0.15) is 9.80 Å². The molecule has 2 aliphatic heterocycles. The number of carbonyl (C=O) groups excluding carboxylic acids is 6. The summed E-state index contributed by atoms with van der Waals surface area (Å²) in [6, 6.07) is 14.8. The Morgan fingerprint density at radius 2 is 0.903 bits per heavy atom. The fourth-order valence-electron chi connectivity index (χ4n) is 6.51. The summed E-state index contributed by atoms with van der Waals surface area (Å²) >= 11 is 0. The fourth-order valence-corrected chi connectivity index (χ4v) is 6.51. The van der Waals surface area contributed by atoms with Gasteiger partial charge in [-0.05, 0) is 128 Å². The molecule has 0 unspecified atom stereocenters. The zero-order valence-electron chi connectivity index (χ0n) is 44.4. The lowest BCUT2D eigenvalue weighted by molar-refractivity contribution is -0.162. The van der Waals surface area contributed by atoms with Crippen LogP contribution in [-0.2, 0) is 52.2 Å². The first kappa shape index (κ1) is 60.3. The van der Waals surface area contributed by atoms with Gasteiger partial charge < -0.3 is 57.2 Å². The van der Waals surface area contributed by atoms with E-state index in [1.807, 2.05) is 31.2 Å². The Morgan fingerprint density at radius 1 is 0.569 bits per heavy atom. The molecule has 1 N–H and O–H groups in total. The minimum Gasteiger partial charge on any atom is -0.484 e. The molecule has 2 aromatic carbocycles. The molecule has 0 saturated carbocycles. The van der Waals surface area contributed by atoms with Crippen LogP contribution in [0.2, 0.25) is 0 Å². The average Bonchev–Trinajstić information content (AvgIpc) is 3.31. The predicted molar refractivity (Wildman–Crippen MR) is 261 cm³/mol. The Kier molecular flexibility index (Phi) is 21.9. The van der Waals surface area contributed by atoms with E-state index < -0.39 is 114 Å². The number of amides is 4.